The van der Waals surface area contributed by atoms with E-state index in [1.165, 1.54) is 25.1 Å². The van der Waals surface area contributed by atoms with Crippen LogP contribution in [0.15, 0.2) is 29.3 Å². The Balaban J connectivity index is 2.32. The van der Waals surface area contributed by atoms with Crippen molar-refractivity contribution in [2.45, 2.75) is 24.8 Å². The van der Waals surface area contributed by atoms with Crippen molar-refractivity contribution in [3.8, 4) is 0 Å². The van der Waals surface area contributed by atoms with Crippen LogP contribution < -0.4 is 5.73 Å². The molecule has 0 amide bonds. The lowest BCUT2D eigenvalue weighted by Gasteiger charge is -2.39. The Hall–Kier alpha value is -1.83. The molecule has 1 aromatic rings. The molecule has 2 rings (SSSR count). The van der Waals surface area contributed by atoms with Crippen molar-refractivity contribution in [2.24, 2.45) is 10.7 Å². The molecule has 2 atom stereocenters. The fourth-order valence-corrected chi connectivity index (χ4v) is 2.16. The highest BCUT2D eigenvalue weighted by atomic mass is 19.4. The number of nitrogens with zero attached hydrogens (tertiary/aromatic N) is 1. The molecule has 0 saturated heterocycles. The molecule has 1 heterocycles. The van der Waals surface area contributed by atoms with Crippen molar-refractivity contribution in [1.29, 1.82) is 0 Å². The number of nitrogens with two attached hydrogens (primary N) is 1. The molecule has 2 N–H and O–H groups in total. The van der Waals surface area contributed by atoms with E-state index in [0.717, 1.165) is 0 Å². The standard InChI is InChI=1S/C13H14F4N2O2/c1-12(8-4-2-3-5-9(8)14)10(6-19-11(18)21-12)20-7-13(15,16)17/h2-5,10H,6-7H2,1H3,(H2,18,19)/t10-,12-/m1/s1. The number of alkyl halides is 3. The van der Waals surface area contributed by atoms with Crippen LogP contribution in [0, 0.1) is 5.82 Å². The Bertz CT molecular complexity index is 547. The smallest absolute Gasteiger partial charge is 0.411 e. The Kier molecular flexibility index (Phi) is 4.08. The van der Waals surface area contributed by atoms with Crippen LogP contribution in [-0.2, 0) is 15.1 Å². The molecule has 0 unspecified atom stereocenters. The quantitative estimate of drug-likeness (QED) is 0.872. The zero-order valence-corrected chi connectivity index (χ0v) is 11.2. The number of halogens is 4. The molecule has 0 aromatic heterocycles. The van der Waals surface area contributed by atoms with Gasteiger partial charge >= 0.3 is 6.18 Å². The molecule has 0 bridgehead atoms. The van der Waals surface area contributed by atoms with Crippen LogP contribution in [0.5, 0.6) is 0 Å². The molecule has 4 nitrogen and oxygen atoms in total. The van der Waals surface area contributed by atoms with Crippen molar-refractivity contribution in [3.63, 3.8) is 0 Å². The molecule has 0 spiro atoms. The minimum absolute atomic E-state index is 0.0648. The Morgan fingerprint density at radius 1 is 1.43 bits per heavy atom. The molecule has 0 fully saturated rings. The summed E-state index contributed by atoms with van der Waals surface area (Å²) in [6.07, 6.45) is -5.61. The summed E-state index contributed by atoms with van der Waals surface area (Å²) >= 11 is 0. The minimum Gasteiger partial charge on any atom is -0.451 e. The highest BCUT2D eigenvalue weighted by molar-refractivity contribution is 5.73. The van der Waals surface area contributed by atoms with Crippen LogP contribution in [0.4, 0.5) is 17.6 Å². The highest BCUT2D eigenvalue weighted by Crippen LogP contribution is 2.36. The second kappa shape index (κ2) is 5.51. The van der Waals surface area contributed by atoms with Gasteiger partial charge in [-0.3, -0.25) is 0 Å². The molecule has 1 aliphatic rings. The number of ether oxygens (including phenoxy) is 2. The summed E-state index contributed by atoms with van der Waals surface area (Å²) in [5, 5.41) is 0. The molecule has 1 aromatic carbocycles. The maximum absolute atomic E-state index is 14.0. The van der Waals surface area contributed by atoms with E-state index in [4.69, 9.17) is 15.2 Å². The first-order valence-corrected chi connectivity index (χ1v) is 6.14. The SMILES string of the molecule is C[C@]1(c2ccccc2F)OC(N)=NC[C@H]1OCC(F)(F)F. The van der Waals surface area contributed by atoms with Gasteiger partial charge in [-0.15, -0.1) is 0 Å². The zero-order chi connectivity index (χ0) is 15.7. The van der Waals surface area contributed by atoms with Crippen LogP contribution in [0.2, 0.25) is 0 Å². The maximum atomic E-state index is 14.0. The molecular formula is C13H14F4N2O2. The van der Waals surface area contributed by atoms with Crippen molar-refractivity contribution in [3.05, 3.63) is 35.6 Å². The first-order valence-electron chi connectivity index (χ1n) is 6.14. The Labute approximate surface area is 118 Å². The van der Waals surface area contributed by atoms with E-state index >= 15 is 0 Å². The Morgan fingerprint density at radius 3 is 2.71 bits per heavy atom. The third-order valence-corrected chi connectivity index (χ3v) is 3.20. The van der Waals surface area contributed by atoms with E-state index in [9.17, 15) is 17.6 Å². The van der Waals surface area contributed by atoms with Gasteiger partial charge in [0.1, 0.15) is 18.5 Å². The number of amidine groups is 1. The predicted molar refractivity (Wildman–Crippen MR) is 67.1 cm³/mol. The van der Waals surface area contributed by atoms with Crippen molar-refractivity contribution < 1.29 is 27.0 Å². The molecule has 0 aliphatic carbocycles. The zero-order valence-electron chi connectivity index (χ0n) is 11.2. The van der Waals surface area contributed by atoms with Gasteiger partial charge in [0.15, 0.2) is 5.60 Å². The largest absolute Gasteiger partial charge is 0.451 e. The number of benzene rings is 1. The van der Waals surface area contributed by atoms with Gasteiger partial charge in [-0.1, -0.05) is 18.2 Å². The van der Waals surface area contributed by atoms with Crippen LogP contribution in [0.1, 0.15) is 12.5 Å². The van der Waals surface area contributed by atoms with Gasteiger partial charge in [0.25, 0.3) is 6.02 Å². The maximum Gasteiger partial charge on any atom is 0.411 e. The van der Waals surface area contributed by atoms with Crippen molar-refractivity contribution in [2.75, 3.05) is 13.2 Å². The first-order chi connectivity index (χ1) is 9.72. The van der Waals surface area contributed by atoms with Crippen LogP contribution >= 0.6 is 0 Å². The monoisotopic (exact) mass is 306 g/mol. The highest BCUT2D eigenvalue weighted by Gasteiger charge is 2.45. The summed E-state index contributed by atoms with van der Waals surface area (Å²) in [5.74, 6) is -0.615. The third-order valence-electron chi connectivity index (χ3n) is 3.20. The number of hydrogen-bond acceptors (Lipinski definition) is 4. The Morgan fingerprint density at radius 2 is 2.10 bits per heavy atom. The second-order valence-electron chi connectivity index (χ2n) is 4.78. The normalized spacial score (nSPS) is 26.1. The molecule has 8 heteroatoms. The van der Waals surface area contributed by atoms with Crippen molar-refractivity contribution >= 4 is 6.02 Å². The molecular weight excluding hydrogens is 292 g/mol. The van der Waals surface area contributed by atoms with Gasteiger partial charge in [-0.05, 0) is 13.0 Å². The van der Waals surface area contributed by atoms with Gasteiger partial charge in [0.2, 0.25) is 0 Å². The molecule has 1 aliphatic heterocycles. The fourth-order valence-electron chi connectivity index (χ4n) is 2.16. The van der Waals surface area contributed by atoms with Crippen LogP contribution in [0.3, 0.4) is 0 Å². The van der Waals surface area contributed by atoms with Gasteiger partial charge < -0.3 is 15.2 Å². The average molecular weight is 306 g/mol. The van der Waals surface area contributed by atoms with E-state index in [1.807, 2.05) is 0 Å². The minimum atomic E-state index is -4.50. The molecule has 0 saturated carbocycles. The third kappa shape index (κ3) is 3.44. The lowest BCUT2D eigenvalue weighted by atomic mass is 9.88. The van der Waals surface area contributed by atoms with Crippen LogP contribution in [-0.4, -0.2) is 31.5 Å². The molecule has 0 radical (unpaired) electrons. The van der Waals surface area contributed by atoms with E-state index in [2.05, 4.69) is 4.99 Å². The molecule has 21 heavy (non-hydrogen) atoms. The van der Waals surface area contributed by atoms with E-state index in [1.54, 1.807) is 6.07 Å². The first kappa shape index (κ1) is 15.6. The van der Waals surface area contributed by atoms with Gasteiger partial charge in [0.05, 0.1) is 6.54 Å². The summed E-state index contributed by atoms with van der Waals surface area (Å²) in [6.45, 7) is -0.193. The number of aliphatic imine (C=N–C) groups is 1. The molecule has 116 valence electrons. The van der Waals surface area contributed by atoms with Crippen molar-refractivity contribution in [1.82, 2.24) is 0 Å². The van der Waals surface area contributed by atoms with Gasteiger partial charge in [0, 0.05) is 5.56 Å². The number of hydrogen-bond donors (Lipinski definition) is 1. The topological polar surface area (TPSA) is 56.8 Å². The number of rotatable bonds is 3. The predicted octanol–water partition coefficient (Wildman–Crippen LogP) is 2.33. The summed E-state index contributed by atoms with van der Waals surface area (Å²) in [4.78, 5) is 3.72. The second-order valence-corrected chi connectivity index (χ2v) is 4.78. The van der Waals surface area contributed by atoms with Gasteiger partial charge in [-0.25, -0.2) is 9.38 Å². The lowest BCUT2D eigenvalue weighted by Crippen LogP contribution is -2.50. The summed E-state index contributed by atoms with van der Waals surface area (Å²) in [6, 6.07) is 5.40. The van der Waals surface area contributed by atoms with E-state index < -0.39 is 30.3 Å². The summed E-state index contributed by atoms with van der Waals surface area (Å²) < 4.78 is 61.1. The van der Waals surface area contributed by atoms with E-state index in [0.29, 0.717) is 0 Å². The van der Waals surface area contributed by atoms with Gasteiger partial charge in [-0.2, -0.15) is 13.2 Å². The summed E-state index contributed by atoms with van der Waals surface area (Å²) in [7, 11) is 0. The summed E-state index contributed by atoms with van der Waals surface area (Å²) in [5.41, 5.74) is 4.05. The lowest BCUT2D eigenvalue weighted by molar-refractivity contribution is -0.207. The van der Waals surface area contributed by atoms with E-state index in [-0.39, 0.29) is 18.1 Å². The average Bonchev–Trinajstić information content (AvgIpc) is 2.37. The van der Waals surface area contributed by atoms with Crippen LogP contribution in [0.25, 0.3) is 0 Å². The fraction of sp³-hybridized carbons (Fsp3) is 0.462.